The fourth-order valence-electron chi connectivity index (χ4n) is 4.10. The minimum Gasteiger partial charge on any atom is -0.495 e. The third kappa shape index (κ3) is 3.84. The van der Waals surface area contributed by atoms with Crippen LogP contribution in [0.4, 0.5) is 11.4 Å². The Balaban J connectivity index is 1.71. The van der Waals surface area contributed by atoms with Crippen molar-refractivity contribution >= 4 is 27.3 Å². The molecule has 1 aliphatic rings. The lowest BCUT2D eigenvalue weighted by molar-refractivity contribution is 0.0984. The highest BCUT2D eigenvalue weighted by Crippen LogP contribution is 2.39. The first-order valence-corrected chi connectivity index (χ1v) is 11.9. The van der Waals surface area contributed by atoms with E-state index in [-0.39, 0.29) is 10.8 Å². The summed E-state index contributed by atoms with van der Waals surface area (Å²) < 4.78 is 33.2. The van der Waals surface area contributed by atoms with Crippen molar-refractivity contribution in [2.24, 2.45) is 0 Å². The molecule has 4 rings (SSSR count). The first kappa shape index (κ1) is 21.9. The van der Waals surface area contributed by atoms with Gasteiger partial charge in [-0.15, -0.1) is 0 Å². The number of hydrogen-bond acceptors (Lipinski definition) is 4. The molecule has 0 radical (unpaired) electrons. The van der Waals surface area contributed by atoms with Crippen LogP contribution in [0.2, 0.25) is 0 Å². The average molecular weight is 451 g/mol. The van der Waals surface area contributed by atoms with Gasteiger partial charge in [0.15, 0.2) is 0 Å². The first-order chi connectivity index (χ1) is 15.3. The molecule has 3 aromatic rings. The Morgan fingerprint density at radius 2 is 1.78 bits per heavy atom. The lowest BCUT2D eigenvalue weighted by Crippen LogP contribution is -2.36. The number of carbonyl (C=O) groups is 1. The van der Waals surface area contributed by atoms with Crippen molar-refractivity contribution in [2.45, 2.75) is 24.7 Å². The molecule has 0 atom stereocenters. The van der Waals surface area contributed by atoms with Crippen molar-refractivity contribution in [1.82, 2.24) is 0 Å². The van der Waals surface area contributed by atoms with Crippen LogP contribution >= 0.6 is 0 Å². The normalized spacial score (nSPS) is 13.4. The number of nitrogens with zero attached hydrogens (tertiary/aromatic N) is 2. The van der Waals surface area contributed by atoms with Crippen molar-refractivity contribution in [3.8, 4) is 5.75 Å². The van der Waals surface area contributed by atoms with E-state index in [0.29, 0.717) is 23.5 Å². The van der Waals surface area contributed by atoms with E-state index in [2.05, 4.69) is 0 Å². The number of rotatable bonds is 5. The van der Waals surface area contributed by atoms with Gasteiger partial charge in [-0.05, 0) is 67.3 Å². The second kappa shape index (κ2) is 8.67. The molecule has 0 saturated heterocycles. The number of para-hydroxylation sites is 1. The smallest absolute Gasteiger partial charge is 0.264 e. The van der Waals surface area contributed by atoms with Gasteiger partial charge in [0, 0.05) is 19.2 Å². The molecule has 7 heteroatoms. The maximum Gasteiger partial charge on any atom is 0.264 e. The molecular weight excluding hydrogens is 424 g/mol. The molecule has 0 saturated carbocycles. The van der Waals surface area contributed by atoms with Gasteiger partial charge in [-0.3, -0.25) is 9.10 Å². The van der Waals surface area contributed by atoms with E-state index in [9.17, 15) is 13.2 Å². The number of aryl methyl sites for hydroxylation is 1. The SMILES string of the molecule is COc1ccc(C)c2c1N(C(=O)c1cccc(S(=O)(=O)N(C)c3ccccc3)c1)CCC2. The minimum absolute atomic E-state index is 0.0724. The number of amides is 1. The quantitative estimate of drug-likeness (QED) is 0.577. The highest BCUT2D eigenvalue weighted by molar-refractivity contribution is 7.92. The van der Waals surface area contributed by atoms with E-state index in [0.717, 1.165) is 29.7 Å². The Bertz CT molecular complexity index is 1260. The summed E-state index contributed by atoms with van der Waals surface area (Å²) in [6.45, 7) is 2.57. The van der Waals surface area contributed by atoms with Crippen LogP contribution in [0, 0.1) is 6.92 Å². The zero-order valence-electron chi connectivity index (χ0n) is 18.4. The van der Waals surface area contributed by atoms with Crippen molar-refractivity contribution in [3.05, 3.63) is 83.4 Å². The molecule has 0 bridgehead atoms. The van der Waals surface area contributed by atoms with Gasteiger partial charge in [0.1, 0.15) is 5.75 Å². The Morgan fingerprint density at radius 3 is 2.50 bits per heavy atom. The maximum atomic E-state index is 13.5. The molecule has 1 heterocycles. The molecule has 0 aromatic heterocycles. The number of anilines is 2. The minimum atomic E-state index is -3.82. The van der Waals surface area contributed by atoms with Crippen LogP contribution in [0.5, 0.6) is 5.75 Å². The van der Waals surface area contributed by atoms with Gasteiger partial charge in [0.2, 0.25) is 0 Å². The number of sulfonamides is 1. The Kier molecular flexibility index (Phi) is 5.93. The van der Waals surface area contributed by atoms with Crippen LogP contribution in [-0.4, -0.2) is 35.0 Å². The number of carbonyl (C=O) groups excluding carboxylic acids is 1. The topological polar surface area (TPSA) is 66.9 Å². The third-order valence-corrected chi connectivity index (χ3v) is 7.66. The molecule has 32 heavy (non-hydrogen) atoms. The van der Waals surface area contributed by atoms with Crippen molar-refractivity contribution in [3.63, 3.8) is 0 Å². The molecule has 1 amide bonds. The largest absolute Gasteiger partial charge is 0.495 e. The van der Waals surface area contributed by atoms with E-state index >= 15 is 0 Å². The highest BCUT2D eigenvalue weighted by Gasteiger charge is 2.29. The van der Waals surface area contributed by atoms with Crippen LogP contribution in [0.15, 0.2) is 71.6 Å². The van der Waals surface area contributed by atoms with E-state index in [4.69, 9.17) is 4.74 Å². The fourth-order valence-corrected chi connectivity index (χ4v) is 5.34. The number of hydrogen-bond donors (Lipinski definition) is 0. The molecule has 0 aliphatic carbocycles. The van der Waals surface area contributed by atoms with Crippen molar-refractivity contribution < 1.29 is 17.9 Å². The van der Waals surface area contributed by atoms with E-state index < -0.39 is 10.0 Å². The van der Waals surface area contributed by atoms with Crippen molar-refractivity contribution in [1.29, 1.82) is 0 Å². The summed E-state index contributed by atoms with van der Waals surface area (Å²) in [7, 11) is -0.721. The monoisotopic (exact) mass is 450 g/mol. The zero-order valence-corrected chi connectivity index (χ0v) is 19.2. The summed E-state index contributed by atoms with van der Waals surface area (Å²) in [4.78, 5) is 15.3. The zero-order chi connectivity index (χ0) is 22.9. The second-order valence-corrected chi connectivity index (χ2v) is 9.78. The predicted octanol–water partition coefficient (Wildman–Crippen LogP) is 4.42. The van der Waals surface area contributed by atoms with Crippen LogP contribution in [0.25, 0.3) is 0 Å². The molecule has 166 valence electrons. The van der Waals surface area contributed by atoms with Gasteiger partial charge < -0.3 is 9.64 Å². The lowest BCUT2D eigenvalue weighted by Gasteiger charge is -2.32. The summed E-state index contributed by atoms with van der Waals surface area (Å²) in [5.41, 5.74) is 3.85. The molecule has 0 spiro atoms. The highest BCUT2D eigenvalue weighted by atomic mass is 32.2. The molecule has 6 nitrogen and oxygen atoms in total. The molecular formula is C25H26N2O4S. The van der Waals surface area contributed by atoms with E-state index in [1.54, 1.807) is 48.4 Å². The Morgan fingerprint density at radius 1 is 1.03 bits per heavy atom. The molecule has 0 unspecified atom stereocenters. The molecule has 3 aromatic carbocycles. The number of fused-ring (bicyclic) bond motifs is 1. The van der Waals surface area contributed by atoms with Gasteiger partial charge >= 0.3 is 0 Å². The van der Waals surface area contributed by atoms with Crippen LogP contribution < -0.4 is 13.9 Å². The average Bonchev–Trinajstić information content (AvgIpc) is 2.84. The Labute approximate surface area is 189 Å². The van der Waals surface area contributed by atoms with Gasteiger partial charge in [-0.2, -0.15) is 0 Å². The lowest BCUT2D eigenvalue weighted by atomic mass is 9.95. The number of benzene rings is 3. The van der Waals surface area contributed by atoms with Crippen LogP contribution in [0.3, 0.4) is 0 Å². The summed E-state index contributed by atoms with van der Waals surface area (Å²) in [5, 5.41) is 0. The van der Waals surface area contributed by atoms with Crippen LogP contribution in [-0.2, 0) is 16.4 Å². The molecule has 0 fully saturated rings. The van der Waals surface area contributed by atoms with Gasteiger partial charge in [0.25, 0.3) is 15.9 Å². The molecule has 1 aliphatic heterocycles. The van der Waals surface area contributed by atoms with Crippen LogP contribution in [0.1, 0.15) is 27.9 Å². The standard InChI is InChI=1S/C25H26N2O4S/c1-18-14-15-23(31-3)24-22(18)13-8-16-27(24)25(28)19-9-7-12-21(17-19)32(29,30)26(2)20-10-5-4-6-11-20/h4-7,9-12,14-15,17H,8,13,16H2,1-3H3. The second-order valence-electron chi connectivity index (χ2n) is 7.81. The van der Waals surface area contributed by atoms with Gasteiger partial charge in [0.05, 0.1) is 23.4 Å². The number of ether oxygens (including phenoxy) is 1. The fraction of sp³-hybridized carbons (Fsp3) is 0.240. The van der Waals surface area contributed by atoms with Gasteiger partial charge in [-0.25, -0.2) is 8.42 Å². The summed E-state index contributed by atoms with van der Waals surface area (Å²) >= 11 is 0. The summed E-state index contributed by atoms with van der Waals surface area (Å²) in [6, 6.07) is 18.9. The summed E-state index contributed by atoms with van der Waals surface area (Å²) in [6.07, 6.45) is 1.71. The Hall–Kier alpha value is -3.32. The predicted molar refractivity (Wildman–Crippen MR) is 126 cm³/mol. The summed E-state index contributed by atoms with van der Waals surface area (Å²) in [5.74, 6) is 0.403. The van der Waals surface area contributed by atoms with E-state index in [1.807, 2.05) is 25.1 Å². The van der Waals surface area contributed by atoms with Gasteiger partial charge in [-0.1, -0.05) is 30.3 Å². The number of methoxy groups -OCH3 is 1. The first-order valence-electron chi connectivity index (χ1n) is 10.5. The van der Waals surface area contributed by atoms with E-state index in [1.165, 1.54) is 23.5 Å². The third-order valence-electron chi connectivity index (χ3n) is 5.88. The maximum absolute atomic E-state index is 13.5. The molecule has 0 N–H and O–H groups in total. The van der Waals surface area contributed by atoms with Crippen molar-refractivity contribution in [2.75, 3.05) is 29.9 Å².